The second-order valence-electron chi connectivity index (χ2n) is 7.30. The van der Waals surface area contributed by atoms with Crippen molar-refractivity contribution in [2.24, 2.45) is 0 Å². The van der Waals surface area contributed by atoms with Gasteiger partial charge >= 0.3 is 0 Å². The molecule has 1 aromatic heterocycles. The molecular weight excluding hydrogens is 432 g/mol. The summed E-state index contributed by atoms with van der Waals surface area (Å²) in [5.41, 5.74) is 3.07. The first-order chi connectivity index (χ1) is 15.4. The van der Waals surface area contributed by atoms with Gasteiger partial charge < -0.3 is 20.1 Å². The number of rotatable bonds is 7. The van der Waals surface area contributed by atoms with E-state index in [1.807, 2.05) is 25.1 Å². The van der Waals surface area contributed by atoms with E-state index in [9.17, 15) is 9.59 Å². The normalized spacial score (nSPS) is 14.6. The Kier molecular flexibility index (Phi) is 6.05. The number of halogens is 1. The van der Waals surface area contributed by atoms with Gasteiger partial charge in [0.15, 0.2) is 11.5 Å². The van der Waals surface area contributed by atoms with Gasteiger partial charge in [-0.2, -0.15) is 5.10 Å². The Morgan fingerprint density at radius 3 is 2.53 bits per heavy atom. The van der Waals surface area contributed by atoms with E-state index in [2.05, 4.69) is 15.7 Å². The van der Waals surface area contributed by atoms with E-state index in [0.29, 0.717) is 34.4 Å². The first kappa shape index (κ1) is 21.7. The van der Waals surface area contributed by atoms with Crippen molar-refractivity contribution in [3.05, 3.63) is 53.2 Å². The summed E-state index contributed by atoms with van der Waals surface area (Å²) in [6, 6.07) is 11.6. The fourth-order valence-electron chi connectivity index (χ4n) is 3.78. The second kappa shape index (κ2) is 8.92. The minimum absolute atomic E-state index is 0.0440. The molecule has 2 aromatic carbocycles. The highest BCUT2D eigenvalue weighted by molar-refractivity contribution is 6.30. The molecule has 4 rings (SSSR count). The van der Waals surface area contributed by atoms with Crippen LogP contribution in [0.1, 0.15) is 25.1 Å². The number of nitrogens with zero attached hydrogens (tertiary/aromatic N) is 2. The van der Waals surface area contributed by atoms with Crippen molar-refractivity contribution in [1.82, 2.24) is 9.78 Å². The van der Waals surface area contributed by atoms with Crippen LogP contribution in [0.4, 0.5) is 11.5 Å². The zero-order chi connectivity index (χ0) is 22.8. The zero-order valence-electron chi connectivity index (χ0n) is 17.9. The maximum Gasteiger partial charge on any atom is 0.251 e. The van der Waals surface area contributed by atoms with Crippen molar-refractivity contribution in [2.75, 3.05) is 24.9 Å². The lowest BCUT2D eigenvalue weighted by Crippen LogP contribution is -2.23. The molecule has 0 fully saturated rings. The molecule has 0 saturated carbocycles. The number of carbonyl (C=O) groups is 2. The molecule has 166 valence electrons. The number of methoxy groups -OCH3 is 2. The van der Waals surface area contributed by atoms with E-state index in [1.54, 1.807) is 43.2 Å². The number of hydrogen-bond acceptors (Lipinski definition) is 5. The molecule has 0 aliphatic carbocycles. The van der Waals surface area contributed by atoms with E-state index >= 15 is 0 Å². The first-order valence-corrected chi connectivity index (χ1v) is 10.5. The van der Waals surface area contributed by atoms with Crippen LogP contribution in [-0.4, -0.2) is 35.8 Å². The van der Waals surface area contributed by atoms with Crippen molar-refractivity contribution in [2.45, 2.75) is 25.8 Å². The largest absolute Gasteiger partial charge is 0.493 e. The van der Waals surface area contributed by atoms with Gasteiger partial charge in [-0.15, -0.1) is 0 Å². The Hall–Kier alpha value is -3.52. The van der Waals surface area contributed by atoms with Gasteiger partial charge in [0.2, 0.25) is 5.91 Å². The van der Waals surface area contributed by atoms with Gasteiger partial charge in [0.1, 0.15) is 11.9 Å². The first-order valence-electron chi connectivity index (χ1n) is 10.1. The molecule has 0 radical (unpaired) electrons. The van der Waals surface area contributed by atoms with Crippen molar-refractivity contribution in [1.29, 1.82) is 0 Å². The third-order valence-electron chi connectivity index (χ3n) is 5.34. The predicted molar refractivity (Wildman–Crippen MR) is 123 cm³/mol. The summed E-state index contributed by atoms with van der Waals surface area (Å²) in [5.74, 6) is 1.20. The van der Waals surface area contributed by atoms with Crippen LogP contribution in [0.5, 0.6) is 11.5 Å². The van der Waals surface area contributed by atoms with Gasteiger partial charge in [0, 0.05) is 16.3 Å². The highest BCUT2D eigenvalue weighted by atomic mass is 35.5. The van der Waals surface area contributed by atoms with E-state index in [-0.39, 0.29) is 18.2 Å². The smallest absolute Gasteiger partial charge is 0.251 e. The van der Waals surface area contributed by atoms with E-state index in [1.165, 1.54) is 0 Å². The summed E-state index contributed by atoms with van der Waals surface area (Å²) in [6.07, 6.45) is 0.612. The Morgan fingerprint density at radius 1 is 1.16 bits per heavy atom. The maximum absolute atomic E-state index is 12.7. The van der Waals surface area contributed by atoms with Gasteiger partial charge in [-0.25, -0.2) is 4.68 Å². The lowest BCUT2D eigenvalue weighted by atomic mass is 10.0. The number of benzene rings is 2. The summed E-state index contributed by atoms with van der Waals surface area (Å²) < 4.78 is 12.4. The average molecular weight is 455 g/mol. The van der Waals surface area contributed by atoms with Crippen LogP contribution >= 0.6 is 11.6 Å². The average Bonchev–Trinajstić information content (AvgIpc) is 3.29. The Labute approximate surface area is 190 Å². The number of ether oxygens (including phenoxy) is 2. The van der Waals surface area contributed by atoms with E-state index in [4.69, 9.17) is 21.1 Å². The molecule has 3 aromatic rings. The van der Waals surface area contributed by atoms with Gasteiger partial charge in [0.25, 0.3) is 5.91 Å². The molecule has 0 saturated heterocycles. The lowest BCUT2D eigenvalue weighted by Gasteiger charge is -2.10. The monoisotopic (exact) mass is 454 g/mol. The highest BCUT2D eigenvalue weighted by Gasteiger charge is 2.36. The molecule has 32 heavy (non-hydrogen) atoms. The Bertz CT molecular complexity index is 1170. The fourth-order valence-corrected chi connectivity index (χ4v) is 3.91. The molecule has 1 atom stereocenters. The number of fused-ring (bicyclic) bond motifs is 1. The van der Waals surface area contributed by atoms with Crippen LogP contribution in [0.2, 0.25) is 5.02 Å². The number of anilines is 2. The third-order valence-corrected chi connectivity index (χ3v) is 5.59. The molecule has 1 unspecified atom stereocenters. The van der Waals surface area contributed by atoms with Crippen LogP contribution in [0, 0.1) is 0 Å². The van der Waals surface area contributed by atoms with Crippen molar-refractivity contribution >= 4 is 34.9 Å². The predicted octanol–water partition coefficient (Wildman–Crippen LogP) is 4.31. The van der Waals surface area contributed by atoms with Gasteiger partial charge in [-0.1, -0.05) is 24.6 Å². The molecule has 2 amide bonds. The number of nitrogens with one attached hydrogen (secondary N) is 2. The Morgan fingerprint density at radius 2 is 1.88 bits per heavy atom. The van der Waals surface area contributed by atoms with Gasteiger partial charge in [0.05, 0.1) is 26.3 Å². The molecule has 2 N–H and O–H groups in total. The van der Waals surface area contributed by atoms with Crippen LogP contribution in [0.25, 0.3) is 11.1 Å². The Balaban J connectivity index is 1.63. The maximum atomic E-state index is 12.7. The minimum Gasteiger partial charge on any atom is -0.493 e. The zero-order valence-corrected chi connectivity index (χ0v) is 18.7. The SMILES string of the molecule is CCc1nn2c(c1-c1ccc(OC)c(OC)c1)NC(=O)C2CC(=O)Nc1ccc(Cl)cc1. The number of hydrogen-bond donors (Lipinski definition) is 2. The lowest BCUT2D eigenvalue weighted by molar-refractivity contribution is -0.123. The molecule has 1 aliphatic heterocycles. The molecular formula is C23H23ClN4O4. The number of aryl methyl sites for hydroxylation is 1. The summed E-state index contributed by atoms with van der Waals surface area (Å²) in [7, 11) is 3.15. The van der Waals surface area contributed by atoms with E-state index in [0.717, 1.165) is 16.8 Å². The second-order valence-corrected chi connectivity index (χ2v) is 7.74. The molecule has 1 aliphatic rings. The molecule has 9 heteroatoms. The van der Waals surface area contributed by atoms with Crippen LogP contribution in [0.15, 0.2) is 42.5 Å². The summed E-state index contributed by atoms with van der Waals surface area (Å²) >= 11 is 5.89. The fraction of sp³-hybridized carbons (Fsp3) is 0.261. The van der Waals surface area contributed by atoms with Crippen molar-refractivity contribution in [3.63, 3.8) is 0 Å². The molecule has 8 nitrogen and oxygen atoms in total. The van der Waals surface area contributed by atoms with Gasteiger partial charge in [-0.3, -0.25) is 9.59 Å². The van der Waals surface area contributed by atoms with Gasteiger partial charge in [-0.05, 0) is 48.4 Å². The number of aromatic nitrogens is 2. The highest BCUT2D eigenvalue weighted by Crippen LogP contribution is 2.41. The van der Waals surface area contributed by atoms with E-state index < -0.39 is 6.04 Å². The van der Waals surface area contributed by atoms with Crippen LogP contribution < -0.4 is 20.1 Å². The quantitative estimate of drug-likeness (QED) is 0.555. The molecule has 0 bridgehead atoms. The minimum atomic E-state index is -0.739. The van der Waals surface area contributed by atoms with Crippen molar-refractivity contribution < 1.29 is 19.1 Å². The number of amides is 2. The summed E-state index contributed by atoms with van der Waals surface area (Å²) in [4.78, 5) is 25.3. The standard InChI is InChI=1S/C23H23ClN4O4/c1-4-16-21(13-5-10-18(31-2)19(11-13)32-3)22-26-23(30)17(28(22)27-16)12-20(29)25-15-8-6-14(24)7-9-15/h5-11,17H,4,12H2,1-3H3,(H,25,29)(H,26,30). The number of carbonyl (C=O) groups excluding carboxylic acids is 2. The van der Waals surface area contributed by atoms with Crippen LogP contribution in [-0.2, 0) is 16.0 Å². The van der Waals surface area contributed by atoms with Crippen molar-refractivity contribution in [3.8, 4) is 22.6 Å². The third kappa shape index (κ3) is 4.01. The topological polar surface area (TPSA) is 94.5 Å². The molecule has 0 spiro atoms. The summed E-state index contributed by atoms with van der Waals surface area (Å²) in [6.45, 7) is 1.99. The summed E-state index contributed by atoms with van der Waals surface area (Å²) in [5, 5.41) is 10.9. The van der Waals surface area contributed by atoms with Crippen LogP contribution in [0.3, 0.4) is 0 Å². The molecule has 2 heterocycles.